The standard InChI is InChI=1S/C16H17BrN2OS/c1-11-8-13(2-3-14(11)17)18-9-16(20)19-6-4-15-12(10-19)5-7-21-15/h2-3,5,7-8,18H,4,6,9-10H2,1H3. The van der Waals surface area contributed by atoms with Crippen LogP contribution in [0.25, 0.3) is 0 Å². The van der Waals surface area contributed by atoms with Gasteiger partial charge >= 0.3 is 0 Å². The van der Waals surface area contributed by atoms with E-state index in [4.69, 9.17) is 0 Å². The second kappa shape index (κ2) is 6.20. The second-order valence-corrected chi connectivity index (χ2v) is 7.11. The van der Waals surface area contributed by atoms with E-state index in [9.17, 15) is 4.79 Å². The first-order valence-electron chi connectivity index (χ1n) is 6.96. The Bertz CT molecular complexity index is 668. The van der Waals surface area contributed by atoms with Crippen molar-refractivity contribution in [3.8, 4) is 0 Å². The highest BCUT2D eigenvalue weighted by atomic mass is 79.9. The van der Waals surface area contributed by atoms with Gasteiger partial charge in [-0.3, -0.25) is 4.79 Å². The first kappa shape index (κ1) is 14.6. The zero-order valence-electron chi connectivity index (χ0n) is 11.9. The lowest BCUT2D eigenvalue weighted by atomic mass is 10.1. The molecule has 1 aromatic heterocycles. The second-order valence-electron chi connectivity index (χ2n) is 5.25. The number of halogens is 1. The Balaban J connectivity index is 1.58. The molecule has 0 radical (unpaired) electrons. The average Bonchev–Trinajstić information content (AvgIpc) is 2.95. The molecule has 3 rings (SSSR count). The van der Waals surface area contributed by atoms with Crippen molar-refractivity contribution in [1.82, 2.24) is 4.90 Å². The summed E-state index contributed by atoms with van der Waals surface area (Å²) in [6.07, 6.45) is 0.982. The Morgan fingerprint density at radius 3 is 3.10 bits per heavy atom. The van der Waals surface area contributed by atoms with E-state index in [-0.39, 0.29) is 5.91 Å². The minimum absolute atomic E-state index is 0.160. The van der Waals surface area contributed by atoms with Crippen molar-refractivity contribution in [2.75, 3.05) is 18.4 Å². The zero-order chi connectivity index (χ0) is 14.8. The molecule has 0 bridgehead atoms. The Kier molecular flexibility index (Phi) is 4.31. The number of aryl methyl sites for hydroxylation is 1. The molecule has 0 saturated heterocycles. The maximum atomic E-state index is 12.3. The molecule has 1 N–H and O–H groups in total. The van der Waals surface area contributed by atoms with Gasteiger partial charge in [0.1, 0.15) is 0 Å². The van der Waals surface area contributed by atoms with Crippen molar-refractivity contribution in [3.63, 3.8) is 0 Å². The number of benzene rings is 1. The zero-order valence-corrected chi connectivity index (χ0v) is 14.3. The van der Waals surface area contributed by atoms with Crippen LogP contribution in [0.5, 0.6) is 0 Å². The molecular formula is C16H17BrN2OS. The SMILES string of the molecule is Cc1cc(NCC(=O)N2CCc3sccc3C2)ccc1Br. The number of hydrogen-bond acceptors (Lipinski definition) is 3. The number of carbonyl (C=O) groups is 1. The molecule has 2 aromatic rings. The maximum Gasteiger partial charge on any atom is 0.242 e. The molecule has 0 aliphatic carbocycles. The number of nitrogens with zero attached hydrogens (tertiary/aromatic N) is 1. The normalized spacial score (nSPS) is 13.9. The third kappa shape index (κ3) is 3.30. The van der Waals surface area contributed by atoms with E-state index in [1.54, 1.807) is 11.3 Å². The van der Waals surface area contributed by atoms with Crippen molar-refractivity contribution in [2.24, 2.45) is 0 Å². The molecule has 0 unspecified atom stereocenters. The summed E-state index contributed by atoms with van der Waals surface area (Å²) in [5.74, 6) is 0.160. The largest absolute Gasteiger partial charge is 0.376 e. The molecule has 110 valence electrons. The molecular weight excluding hydrogens is 348 g/mol. The minimum Gasteiger partial charge on any atom is -0.376 e. The molecule has 1 amide bonds. The van der Waals surface area contributed by atoms with Crippen LogP contribution in [0.15, 0.2) is 34.1 Å². The molecule has 0 spiro atoms. The van der Waals surface area contributed by atoms with Gasteiger partial charge in [0.15, 0.2) is 0 Å². The highest BCUT2D eigenvalue weighted by molar-refractivity contribution is 9.10. The summed E-state index contributed by atoms with van der Waals surface area (Å²) in [5, 5.41) is 5.33. The predicted molar refractivity (Wildman–Crippen MR) is 90.8 cm³/mol. The average molecular weight is 365 g/mol. The van der Waals surface area contributed by atoms with Gasteiger partial charge in [-0.15, -0.1) is 11.3 Å². The van der Waals surface area contributed by atoms with Gasteiger partial charge in [-0.1, -0.05) is 15.9 Å². The van der Waals surface area contributed by atoms with E-state index in [0.717, 1.165) is 35.2 Å². The van der Waals surface area contributed by atoms with Gasteiger partial charge in [0.05, 0.1) is 6.54 Å². The van der Waals surface area contributed by atoms with Crippen molar-refractivity contribution in [3.05, 3.63) is 50.1 Å². The summed E-state index contributed by atoms with van der Waals surface area (Å²) in [7, 11) is 0. The highest BCUT2D eigenvalue weighted by Crippen LogP contribution is 2.24. The highest BCUT2D eigenvalue weighted by Gasteiger charge is 2.20. The fourth-order valence-corrected chi connectivity index (χ4v) is 3.64. The Hall–Kier alpha value is -1.33. The number of carbonyl (C=O) groups excluding carboxylic acids is 1. The maximum absolute atomic E-state index is 12.3. The van der Waals surface area contributed by atoms with E-state index in [0.29, 0.717) is 6.54 Å². The third-order valence-electron chi connectivity index (χ3n) is 3.76. The monoisotopic (exact) mass is 364 g/mol. The fraction of sp³-hybridized carbons (Fsp3) is 0.312. The predicted octanol–water partition coefficient (Wildman–Crippen LogP) is 3.82. The van der Waals surface area contributed by atoms with Crippen molar-refractivity contribution in [2.45, 2.75) is 19.9 Å². The topological polar surface area (TPSA) is 32.3 Å². The van der Waals surface area contributed by atoms with Crippen molar-refractivity contribution in [1.29, 1.82) is 0 Å². The number of nitrogens with one attached hydrogen (secondary N) is 1. The van der Waals surface area contributed by atoms with E-state index in [1.165, 1.54) is 10.4 Å². The lowest BCUT2D eigenvalue weighted by molar-refractivity contribution is -0.130. The molecule has 0 fully saturated rings. The van der Waals surface area contributed by atoms with E-state index in [1.807, 2.05) is 30.0 Å². The van der Waals surface area contributed by atoms with Crippen LogP contribution >= 0.6 is 27.3 Å². The first-order valence-corrected chi connectivity index (χ1v) is 8.64. The molecule has 0 saturated carbocycles. The van der Waals surface area contributed by atoms with E-state index >= 15 is 0 Å². The lowest BCUT2D eigenvalue weighted by Gasteiger charge is -2.27. The number of hydrogen-bond donors (Lipinski definition) is 1. The molecule has 1 aliphatic rings. The summed E-state index contributed by atoms with van der Waals surface area (Å²) in [5.41, 5.74) is 3.45. The number of rotatable bonds is 3. The summed E-state index contributed by atoms with van der Waals surface area (Å²) in [6, 6.07) is 8.16. The van der Waals surface area contributed by atoms with Crippen LogP contribution in [0.3, 0.4) is 0 Å². The molecule has 3 nitrogen and oxygen atoms in total. The summed E-state index contributed by atoms with van der Waals surface area (Å²) >= 11 is 5.28. The molecule has 5 heteroatoms. The summed E-state index contributed by atoms with van der Waals surface area (Å²) < 4.78 is 1.08. The van der Waals surface area contributed by atoms with Crippen molar-refractivity contribution >= 4 is 38.9 Å². The van der Waals surface area contributed by atoms with Crippen molar-refractivity contribution < 1.29 is 4.79 Å². The van der Waals surface area contributed by atoms with Crippen LogP contribution in [0.1, 0.15) is 16.0 Å². The van der Waals surface area contributed by atoms with E-state index < -0.39 is 0 Å². The summed E-state index contributed by atoms with van der Waals surface area (Å²) in [4.78, 5) is 15.7. The minimum atomic E-state index is 0.160. The van der Waals surface area contributed by atoms with Crippen LogP contribution in [0, 0.1) is 6.92 Å². The number of amides is 1. The van der Waals surface area contributed by atoms with Crippen LogP contribution in [-0.4, -0.2) is 23.9 Å². The quantitative estimate of drug-likeness (QED) is 0.897. The van der Waals surface area contributed by atoms with Crippen LogP contribution in [0.2, 0.25) is 0 Å². The first-order chi connectivity index (χ1) is 10.1. The lowest BCUT2D eigenvalue weighted by Crippen LogP contribution is -2.38. The van der Waals surface area contributed by atoms with Gasteiger partial charge in [0.25, 0.3) is 0 Å². The molecule has 2 heterocycles. The number of fused-ring (bicyclic) bond motifs is 1. The van der Waals surface area contributed by atoms with Crippen LogP contribution < -0.4 is 5.32 Å². The van der Waals surface area contributed by atoms with Gasteiger partial charge in [0.2, 0.25) is 5.91 Å². The number of anilines is 1. The Labute approximate surface area is 137 Å². The van der Waals surface area contributed by atoms with Gasteiger partial charge in [0, 0.05) is 28.1 Å². The van der Waals surface area contributed by atoms with Gasteiger partial charge < -0.3 is 10.2 Å². The fourth-order valence-electron chi connectivity index (χ4n) is 2.51. The van der Waals surface area contributed by atoms with Crippen LogP contribution in [0.4, 0.5) is 5.69 Å². The molecule has 0 atom stereocenters. The molecule has 1 aromatic carbocycles. The third-order valence-corrected chi connectivity index (χ3v) is 5.67. The summed E-state index contributed by atoms with van der Waals surface area (Å²) in [6.45, 7) is 3.96. The Morgan fingerprint density at radius 1 is 1.43 bits per heavy atom. The molecule has 1 aliphatic heterocycles. The van der Waals surface area contributed by atoms with Crippen LogP contribution in [-0.2, 0) is 17.8 Å². The number of thiophene rings is 1. The van der Waals surface area contributed by atoms with E-state index in [2.05, 4.69) is 32.7 Å². The molecule has 21 heavy (non-hydrogen) atoms. The Morgan fingerprint density at radius 2 is 2.29 bits per heavy atom. The van der Waals surface area contributed by atoms with Gasteiger partial charge in [-0.05, 0) is 54.1 Å². The van der Waals surface area contributed by atoms with Gasteiger partial charge in [-0.25, -0.2) is 0 Å². The van der Waals surface area contributed by atoms with Gasteiger partial charge in [-0.2, -0.15) is 0 Å². The smallest absolute Gasteiger partial charge is 0.242 e.